The molecule has 1 saturated heterocycles. The van der Waals surface area contributed by atoms with E-state index in [1.807, 2.05) is 12.1 Å². The standard InChI is InChI=1S/C15H22N4OS/c1-19-14(12-6-8-16-9-7-12)17-18-15(19)21-11-3-5-13-4-2-10-20-13/h2,4,10,12,16H,3,5-9,11H2,1H3. The number of piperidine rings is 1. The molecule has 0 bridgehead atoms. The molecule has 5 nitrogen and oxygen atoms in total. The highest BCUT2D eigenvalue weighted by atomic mass is 32.2. The molecule has 0 atom stereocenters. The molecule has 0 aromatic carbocycles. The number of nitrogens with one attached hydrogen (secondary N) is 1. The van der Waals surface area contributed by atoms with Gasteiger partial charge in [0.05, 0.1) is 6.26 Å². The number of nitrogens with zero attached hydrogens (tertiary/aromatic N) is 3. The van der Waals surface area contributed by atoms with Gasteiger partial charge < -0.3 is 14.3 Å². The first-order valence-electron chi connectivity index (χ1n) is 7.60. The summed E-state index contributed by atoms with van der Waals surface area (Å²) in [5.74, 6) is 3.80. The predicted molar refractivity (Wildman–Crippen MR) is 83.6 cm³/mol. The Labute approximate surface area is 129 Å². The molecule has 114 valence electrons. The Kier molecular flexibility index (Phi) is 4.98. The van der Waals surface area contributed by atoms with Crippen molar-refractivity contribution in [3.63, 3.8) is 0 Å². The minimum atomic E-state index is 0.557. The van der Waals surface area contributed by atoms with Crippen LogP contribution in [0.25, 0.3) is 0 Å². The molecule has 0 spiro atoms. The largest absolute Gasteiger partial charge is 0.469 e. The van der Waals surface area contributed by atoms with E-state index in [2.05, 4.69) is 27.1 Å². The average Bonchev–Trinajstić information content (AvgIpc) is 3.15. The highest BCUT2D eigenvalue weighted by Crippen LogP contribution is 2.26. The Morgan fingerprint density at radius 2 is 2.24 bits per heavy atom. The molecule has 3 heterocycles. The Balaban J connectivity index is 1.50. The van der Waals surface area contributed by atoms with Crippen LogP contribution in [0.1, 0.15) is 36.8 Å². The number of hydrogen-bond donors (Lipinski definition) is 1. The van der Waals surface area contributed by atoms with Crippen molar-refractivity contribution in [2.45, 2.75) is 36.8 Å². The first-order valence-corrected chi connectivity index (χ1v) is 8.58. The van der Waals surface area contributed by atoms with Crippen molar-refractivity contribution in [2.75, 3.05) is 18.8 Å². The highest BCUT2D eigenvalue weighted by Gasteiger charge is 2.21. The summed E-state index contributed by atoms with van der Waals surface area (Å²) in [4.78, 5) is 0. The summed E-state index contributed by atoms with van der Waals surface area (Å²) in [7, 11) is 2.09. The van der Waals surface area contributed by atoms with E-state index in [-0.39, 0.29) is 0 Å². The predicted octanol–water partition coefficient (Wildman–Crippen LogP) is 2.60. The molecule has 0 amide bonds. The van der Waals surface area contributed by atoms with Gasteiger partial charge in [-0.3, -0.25) is 0 Å². The van der Waals surface area contributed by atoms with Gasteiger partial charge in [0, 0.05) is 25.1 Å². The van der Waals surface area contributed by atoms with Gasteiger partial charge in [-0.1, -0.05) is 11.8 Å². The van der Waals surface area contributed by atoms with Gasteiger partial charge in [0.1, 0.15) is 11.6 Å². The molecule has 1 fully saturated rings. The molecular formula is C15H22N4OS. The molecule has 2 aromatic heterocycles. The zero-order valence-electron chi connectivity index (χ0n) is 12.4. The van der Waals surface area contributed by atoms with E-state index < -0.39 is 0 Å². The maximum Gasteiger partial charge on any atom is 0.190 e. The lowest BCUT2D eigenvalue weighted by atomic mass is 9.97. The van der Waals surface area contributed by atoms with Crippen molar-refractivity contribution in [1.29, 1.82) is 0 Å². The zero-order valence-corrected chi connectivity index (χ0v) is 13.2. The van der Waals surface area contributed by atoms with Crippen LogP contribution in [-0.4, -0.2) is 33.6 Å². The summed E-state index contributed by atoms with van der Waals surface area (Å²) < 4.78 is 7.52. The first-order chi connectivity index (χ1) is 10.3. The molecule has 0 unspecified atom stereocenters. The van der Waals surface area contributed by atoms with Gasteiger partial charge in [-0.25, -0.2) is 0 Å². The van der Waals surface area contributed by atoms with Gasteiger partial charge in [-0.2, -0.15) is 0 Å². The lowest BCUT2D eigenvalue weighted by molar-refractivity contribution is 0.434. The van der Waals surface area contributed by atoms with Gasteiger partial charge in [0.25, 0.3) is 0 Å². The lowest BCUT2D eigenvalue weighted by Crippen LogP contribution is -2.27. The molecule has 21 heavy (non-hydrogen) atoms. The van der Waals surface area contributed by atoms with Crippen LogP contribution in [0.2, 0.25) is 0 Å². The van der Waals surface area contributed by atoms with Crippen LogP contribution in [0.3, 0.4) is 0 Å². The fourth-order valence-electron chi connectivity index (χ4n) is 2.75. The number of thioether (sulfide) groups is 1. The fourth-order valence-corrected chi connectivity index (χ4v) is 3.61. The molecule has 1 aliphatic rings. The van der Waals surface area contributed by atoms with Crippen LogP contribution >= 0.6 is 11.8 Å². The van der Waals surface area contributed by atoms with Crippen molar-refractivity contribution < 1.29 is 4.42 Å². The Morgan fingerprint density at radius 1 is 1.38 bits per heavy atom. The number of rotatable bonds is 6. The maximum atomic E-state index is 5.34. The molecule has 0 aliphatic carbocycles. The van der Waals surface area contributed by atoms with E-state index in [9.17, 15) is 0 Å². The molecule has 3 rings (SSSR count). The van der Waals surface area contributed by atoms with Gasteiger partial charge in [0.15, 0.2) is 5.16 Å². The van der Waals surface area contributed by atoms with Crippen molar-refractivity contribution in [1.82, 2.24) is 20.1 Å². The summed E-state index contributed by atoms with van der Waals surface area (Å²) in [5.41, 5.74) is 0. The van der Waals surface area contributed by atoms with Crippen molar-refractivity contribution in [2.24, 2.45) is 7.05 Å². The molecule has 6 heteroatoms. The van der Waals surface area contributed by atoms with Crippen molar-refractivity contribution in [3.05, 3.63) is 30.0 Å². The van der Waals surface area contributed by atoms with Gasteiger partial charge in [0.2, 0.25) is 0 Å². The lowest BCUT2D eigenvalue weighted by Gasteiger charge is -2.21. The Morgan fingerprint density at radius 3 is 3.00 bits per heavy atom. The summed E-state index contributed by atoms with van der Waals surface area (Å²) in [6.45, 7) is 2.17. The second kappa shape index (κ2) is 7.13. The quantitative estimate of drug-likeness (QED) is 0.657. The summed E-state index contributed by atoms with van der Waals surface area (Å²) >= 11 is 1.79. The van der Waals surface area contributed by atoms with E-state index in [0.29, 0.717) is 5.92 Å². The SMILES string of the molecule is Cn1c(SCCCc2ccco2)nnc1C1CCNCC1. The second-order valence-corrected chi connectivity index (χ2v) is 6.52. The van der Waals surface area contributed by atoms with Crippen LogP contribution in [0.15, 0.2) is 28.0 Å². The van der Waals surface area contributed by atoms with Crippen LogP contribution in [-0.2, 0) is 13.5 Å². The maximum absolute atomic E-state index is 5.34. The molecule has 1 aliphatic heterocycles. The number of aryl methyl sites for hydroxylation is 1. The average molecular weight is 306 g/mol. The first kappa shape index (κ1) is 14.7. The third-order valence-corrected chi connectivity index (χ3v) is 5.06. The second-order valence-electron chi connectivity index (χ2n) is 5.46. The normalized spacial score (nSPS) is 16.4. The summed E-state index contributed by atoms with van der Waals surface area (Å²) in [6.07, 6.45) is 6.13. The van der Waals surface area contributed by atoms with E-state index in [1.165, 1.54) is 0 Å². The van der Waals surface area contributed by atoms with Crippen LogP contribution in [0, 0.1) is 0 Å². The van der Waals surface area contributed by atoms with E-state index in [4.69, 9.17) is 4.42 Å². The van der Waals surface area contributed by atoms with E-state index in [1.54, 1.807) is 18.0 Å². The number of hydrogen-bond acceptors (Lipinski definition) is 5. The van der Waals surface area contributed by atoms with Crippen LogP contribution in [0.5, 0.6) is 0 Å². The number of furan rings is 1. The van der Waals surface area contributed by atoms with Crippen molar-refractivity contribution >= 4 is 11.8 Å². The molecule has 2 aromatic rings. The summed E-state index contributed by atoms with van der Waals surface area (Å²) in [5, 5.41) is 13.2. The zero-order chi connectivity index (χ0) is 14.5. The minimum Gasteiger partial charge on any atom is -0.469 e. The van der Waals surface area contributed by atoms with Gasteiger partial charge in [-0.05, 0) is 44.5 Å². The fraction of sp³-hybridized carbons (Fsp3) is 0.600. The topological polar surface area (TPSA) is 55.9 Å². The smallest absolute Gasteiger partial charge is 0.190 e. The molecular weight excluding hydrogens is 284 g/mol. The molecule has 1 N–H and O–H groups in total. The Bertz CT molecular complexity index is 546. The summed E-state index contributed by atoms with van der Waals surface area (Å²) in [6, 6.07) is 3.97. The van der Waals surface area contributed by atoms with E-state index in [0.717, 1.165) is 61.3 Å². The van der Waals surface area contributed by atoms with Crippen molar-refractivity contribution in [3.8, 4) is 0 Å². The van der Waals surface area contributed by atoms with Crippen LogP contribution < -0.4 is 5.32 Å². The van der Waals surface area contributed by atoms with Gasteiger partial charge >= 0.3 is 0 Å². The minimum absolute atomic E-state index is 0.557. The monoisotopic (exact) mass is 306 g/mol. The third kappa shape index (κ3) is 3.68. The van der Waals surface area contributed by atoms with Crippen LogP contribution in [0.4, 0.5) is 0 Å². The number of aromatic nitrogens is 3. The Hall–Kier alpha value is -1.27. The van der Waals surface area contributed by atoms with Gasteiger partial charge in [-0.15, -0.1) is 10.2 Å². The molecule has 0 saturated carbocycles. The molecule has 0 radical (unpaired) electrons. The third-order valence-electron chi connectivity index (χ3n) is 3.95. The van der Waals surface area contributed by atoms with E-state index >= 15 is 0 Å². The highest BCUT2D eigenvalue weighted by molar-refractivity contribution is 7.99.